The second-order valence-electron chi connectivity index (χ2n) is 6.64. The van der Waals surface area contributed by atoms with Gasteiger partial charge < -0.3 is 19.9 Å². The zero-order valence-electron chi connectivity index (χ0n) is 15.7. The van der Waals surface area contributed by atoms with Crippen LogP contribution in [0.1, 0.15) is 11.1 Å². The van der Waals surface area contributed by atoms with Crippen LogP contribution in [0.2, 0.25) is 0 Å². The van der Waals surface area contributed by atoms with Gasteiger partial charge in [-0.1, -0.05) is 42.5 Å². The number of rotatable bonds is 5. The van der Waals surface area contributed by atoms with Gasteiger partial charge in [-0.15, -0.1) is 0 Å². The van der Waals surface area contributed by atoms with E-state index in [-0.39, 0.29) is 0 Å². The molecule has 1 fully saturated rings. The highest BCUT2D eigenvalue weighted by Gasteiger charge is 2.10. The van der Waals surface area contributed by atoms with E-state index >= 15 is 0 Å². The molecule has 1 N–H and O–H groups in total. The number of aliphatic imine (C=N–C) groups is 1. The third-order valence-electron chi connectivity index (χ3n) is 4.44. The van der Waals surface area contributed by atoms with Crippen molar-refractivity contribution < 1.29 is 4.74 Å². The van der Waals surface area contributed by atoms with Gasteiger partial charge in [-0.05, 0) is 23.3 Å². The SMILES string of the molecule is CN(C)C(=NCc1ccccc1)NCc1ccc(N2CCOCC2)cc1. The fraction of sp³-hybridized carbons (Fsp3) is 0.381. The van der Waals surface area contributed by atoms with Crippen LogP contribution in [0.5, 0.6) is 0 Å². The summed E-state index contributed by atoms with van der Waals surface area (Å²) >= 11 is 0. The summed E-state index contributed by atoms with van der Waals surface area (Å²) < 4.78 is 5.42. The van der Waals surface area contributed by atoms with Gasteiger partial charge in [-0.3, -0.25) is 0 Å². The first-order chi connectivity index (χ1) is 12.7. The summed E-state index contributed by atoms with van der Waals surface area (Å²) in [5.74, 6) is 0.895. The van der Waals surface area contributed by atoms with Gasteiger partial charge in [-0.25, -0.2) is 4.99 Å². The van der Waals surface area contributed by atoms with Crippen LogP contribution in [-0.4, -0.2) is 51.3 Å². The monoisotopic (exact) mass is 352 g/mol. The summed E-state index contributed by atoms with van der Waals surface area (Å²) in [7, 11) is 4.02. The van der Waals surface area contributed by atoms with Crippen molar-refractivity contribution in [3.05, 3.63) is 65.7 Å². The number of hydrogen-bond donors (Lipinski definition) is 1. The molecule has 26 heavy (non-hydrogen) atoms. The molecular formula is C21H28N4O. The highest BCUT2D eigenvalue weighted by molar-refractivity contribution is 5.79. The fourth-order valence-corrected chi connectivity index (χ4v) is 2.93. The van der Waals surface area contributed by atoms with Gasteiger partial charge in [0.05, 0.1) is 19.8 Å². The lowest BCUT2D eigenvalue weighted by atomic mass is 10.2. The molecule has 138 valence electrons. The third-order valence-corrected chi connectivity index (χ3v) is 4.44. The molecule has 5 heteroatoms. The minimum absolute atomic E-state index is 0.678. The Morgan fingerprint density at radius 2 is 1.69 bits per heavy atom. The van der Waals surface area contributed by atoms with E-state index in [1.54, 1.807) is 0 Å². The normalized spacial score (nSPS) is 15.0. The van der Waals surface area contributed by atoms with Gasteiger partial charge >= 0.3 is 0 Å². The minimum Gasteiger partial charge on any atom is -0.378 e. The van der Waals surface area contributed by atoms with Crippen LogP contribution in [0.25, 0.3) is 0 Å². The molecule has 1 aliphatic heterocycles. The van der Waals surface area contributed by atoms with Crippen molar-refractivity contribution in [1.82, 2.24) is 10.2 Å². The highest BCUT2D eigenvalue weighted by Crippen LogP contribution is 2.16. The van der Waals surface area contributed by atoms with Crippen LogP contribution in [0.3, 0.4) is 0 Å². The van der Waals surface area contributed by atoms with E-state index in [2.05, 4.69) is 46.6 Å². The molecule has 2 aromatic rings. The molecule has 3 rings (SSSR count). The number of benzene rings is 2. The zero-order valence-corrected chi connectivity index (χ0v) is 15.7. The summed E-state index contributed by atoms with van der Waals surface area (Å²) in [6.07, 6.45) is 0. The molecule has 0 aromatic heterocycles. The molecular weight excluding hydrogens is 324 g/mol. The Morgan fingerprint density at radius 1 is 1.00 bits per heavy atom. The topological polar surface area (TPSA) is 40.1 Å². The molecule has 5 nitrogen and oxygen atoms in total. The molecule has 0 saturated carbocycles. The maximum absolute atomic E-state index is 5.42. The van der Waals surface area contributed by atoms with E-state index in [0.29, 0.717) is 6.54 Å². The maximum atomic E-state index is 5.42. The molecule has 0 amide bonds. The summed E-state index contributed by atoms with van der Waals surface area (Å²) in [5, 5.41) is 3.45. The maximum Gasteiger partial charge on any atom is 0.194 e. The number of nitrogens with one attached hydrogen (secondary N) is 1. The van der Waals surface area contributed by atoms with Gasteiger partial charge in [0.2, 0.25) is 0 Å². The van der Waals surface area contributed by atoms with Crippen molar-refractivity contribution in [1.29, 1.82) is 0 Å². The average Bonchev–Trinajstić information content (AvgIpc) is 2.69. The van der Waals surface area contributed by atoms with Gasteiger partial charge in [-0.2, -0.15) is 0 Å². The third kappa shape index (κ3) is 5.23. The molecule has 0 unspecified atom stereocenters. The van der Waals surface area contributed by atoms with Gasteiger partial charge in [0.1, 0.15) is 0 Å². The number of ether oxygens (including phenoxy) is 1. The lowest BCUT2D eigenvalue weighted by Crippen LogP contribution is -2.36. The Hall–Kier alpha value is -2.53. The number of guanidine groups is 1. The Kier molecular flexibility index (Phi) is 6.50. The standard InChI is InChI=1S/C21H28N4O/c1-24(2)21(22-16-18-6-4-3-5-7-18)23-17-19-8-10-20(11-9-19)25-12-14-26-15-13-25/h3-11H,12-17H2,1-2H3,(H,22,23). The lowest BCUT2D eigenvalue weighted by molar-refractivity contribution is 0.122. The van der Waals surface area contributed by atoms with E-state index in [1.807, 2.05) is 37.2 Å². The van der Waals surface area contributed by atoms with E-state index in [9.17, 15) is 0 Å². The van der Waals surface area contributed by atoms with Crippen molar-refractivity contribution in [2.24, 2.45) is 4.99 Å². The van der Waals surface area contributed by atoms with Crippen molar-refractivity contribution in [2.75, 3.05) is 45.3 Å². The first-order valence-electron chi connectivity index (χ1n) is 9.13. The smallest absolute Gasteiger partial charge is 0.194 e. The Bertz CT molecular complexity index is 692. The Morgan fingerprint density at radius 3 is 2.35 bits per heavy atom. The van der Waals surface area contributed by atoms with Crippen molar-refractivity contribution in [3.8, 4) is 0 Å². The lowest BCUT2D eigenvalue weighted by Gasteiger charge is -2.29. The van der Waals surface area contributed by atoms with Gasteiger partial charge in [0.25, 0.3) is 0 Å². The average molecular weight is 352 g/mol. The molecule has 0 bridgehead atoms. The molecule has 1 saturated heterocycles. The van der Waals surface area contributed by atoms with E-state index in [0.717, 1.165) is 38.8 Å². The Balaban J connectivity index is 1.56. The van der Waals surface area contributed by atoms with E-state index < -0.39 is 0 Å². The summed E-state index contributed by atoms with van der Waals surface area (Å²) in [6, 6.07) is 19.1. The molecule has 0 spiro atoms. The van der Waals surface area contributed by atoms with Crippen molar-refractivity contribution in [3.63, 3.8) is 0 Å². The van der Waals surface area contributed by atoms with Gasteiger partial charge in [0, 0.05) is 39.4 Å². The van der Waals surface area contributed by atoms with Gasteiger partial charge in [0.15, 0.2) is 5.96 Å². The number of hydrogen-bond acceptors (Lipinski definition) is 3. The largest absolute Gasteiger partial charge is 0.378 e. The fourth-order valence-electron chi connectivity index (χ4n) is 2.93. The molecule has 0 atom stereocenters. The van der Waals surface area contributed by atoms with Crippen LogP contribution in [0.4, 0.5) is 5.69 Å². The van der Waals surface area contributed by atoms with Crippen LogP contribution < -0.4 is 10.2 Å². The molecule has 2 aromatic carbocycles. The second kappa shape index (κ2) is 9.25. The predicted octanol–water partition coefficient (Wildman–Crippen LogP) is 2.73. The van der Waals surface area contributed by atoms with E-state index in [4.69, 9.17) is 9.73 Å². The van der Waals surface area contributed by atoms with Crippen LogP contribution in [-0.2, 0) is 17.8 Å². The summed E-state index contributed by atoms with van der Waals surface area (Å²) in [5.41, 5.74) is 3.72. The molecule has 0 aliphatic carbocycles. The minimum atomic E-state index is 0.678. The number of morpholine rings is 1. The molecule has 1 heterocycles. The number of nitrogens with zero attached hydrogens (tertiary/aromatic N) is 3. The predicted molar refractivity (Wildman–Crippen MR) is 108 cm³/mol. The first-order valence-corrected chi connectivity index (χ1v) is 9.13. The summed E-state index contributed by atoms with van der Waals surface area (Å²) in [6.45, 7) is 5.00. The zero-order chi connectivity index (χ0) is 18.2. The second-order valence-corrected chi connectivity index (χ2v) is 6.64. The van der Waals surface area contributed by atoms with Crippen molar-refractivity contribution >= 4 is 11.6 Å². The Labute approximate surface area is 156 Å². The summed E-state index contributed by atoms with van der Waals surface area (Å²) in [4.78, 5) is 9.10. The van der Waals surface area contributed by atoms with Crippen LogP contribution in [0.15, 0.2) is 59.6 Å². The highest BCUT2D eigenvalue weighted by atomic mass is 16.5. The van der Waals surface area contributed by atoms with E-state index in [1.165, 1.54) is 16.8 Å². The number of anilines is 1. The molecule has 1 aliphatic rings. The van der Waals surface area contributed by atoms with Crippen LogP contribution >= 0.6 is 0 Å². The quantitative estimate of drug-likeness (QED) is 0.663. The molecule has 0 radical (unpaired) electrons. The first kappa shape index (κ1) is 18.3. The van der Waals surface area contributed by atoms with Crippen LogP contribution in [0, 0.1) is 0 Å². The van der Waals surface area contributed by atoms with Crippen molar-refractivity contribution in [2.45, 2.75) is 13.1 Å².